The number of hydrogen-bond donors (Lipinski definition) is 1. The van der Waals surface area contributed by atoms with Crippen molar-refractivity contribution in [1.82, 2.24) is 4.98 Å². The average molecular weight is 274 g/mol. The van der Waals surface area contributed by atoms with Crippen molar-refractivity contribution in [1.29, 1.82) is 0 Å². The maximum atomic E-state index is 10.9. The monoisotopic (exact) mass is 273 g/mol. The summed E-state index contributed by atoms with van der Waals surface area (Å²) in [5.74, 6) is -0.644. The van der Waals surface area contributed by atoms with E-state index >= 15 is 0 Å². The number of para-hydroxylation sites is 2. The number of fused-ring (bicyclic) bond motifs is 1. The molecule has 0 unspecified atom stereocenters. The summed E-state index contributed by atoms with van der Waals surface area (Å²) in [4.78, 5) is 15.2. The summed E-state index contributed by atoms with van der Waals surface area (Å²) in [5.41, 5.74) is 2.12. The Balaban J connectivity index is 2.11. The summed E-state index contributed by atoms with van der Waals surface area (Å²) >= 11 is 5.92. The van der Waals surface area contributed by atoms with Crippen LogP contribution in [0.15, 0.2) is 46.9 Å². The maximum absolute atomic E-state index is 10.9. The minimum atomic E-state index is -1.06. The molecule has 0 bridgehead atoms. The molecular weight excluding hydrogens is 266 g/mol. The summed E-state index contributed by atoms with van der Waals surface area (Å²) in [7, 11) is 0. The van der Waals surface area contributed by atoms with Crippen molar-refractivity contribution in [2.75, 3.05) is 0 Å². The molecule has 2 aromatic carbocycles. The summed E-state index contributed by atoms with van der Waals surface area (Å²) in [6.07, 6.45) is 0. The Morgan fingerprint density at radius 2 is 2.00 bits per heavy atom. The number of carbonyl (C=O) groups is 1. The molecule has 3 aromatic rings. The fourth-order valence-electron chi connectivity index (χ4n) is 1.82. The molecule has 0 fully saturated rings. The van der Waals surface area contributed by atoms with Crippen molar-refractivity contribution in [2.45, 2.75) is 0 Å². The van der Waals surface area contributed by atoms with E-state index in [9.17, 15) is 4.79 Å². The Labute approximate surface area is 113 Å². The number of carboxylic acids is 1. The van der Waals surface area contributed by atoms with Gasteiger partial charge in [-0.05, 0) is 30.3 Å². The summed E-state index contributed by atoms with van der Waals surface area (Å²) in [6, 6.07) is 12.0. The number of carboxylic acid groups (broad SMARTS) is 1. The molecule has 4 nitrogen and oxygen atoms in total. The normalized spacial score (nSPS) is 10.8. The molecule has 1 heterocycles. The van der Waals surface area contributed by atoms with Gasteiger partial charge in [0.15, 0.2) is 5.58 Å². The number of nitrogens with zero attached hydrogens (tertiary/aromatic N) is 1. The Hall–Kier alpha value is -2.33. The van der Waals surface area contributed by atoms with Gasteiger partial charge in [0.2, 0.25) is 5.89 Å². The lowest BCUT2D eigenvalue weighted by Gasteiger charge is -2.00. The van der Waals surface area contributed by atoms with Crippen LogP contribution < -0.4 is 0 Å². The molecule has 1 N–H and O–H groups in total. The van der Waals surface area contributed by atoms with Crippen LogP contribution in [0.2, 0.25) is 5.02 Å². The van der Waals surface area contributed by atoms with E-state index in [4.69, 9.17) is 21.1 Å². The molecule has 0 aliphatic carbocycles. The molecule has 0 amide bonds. The lowest BCUT2D eigenvalue weighted by Crippen LogP contribution is -1.97. The highest BCUT2D eigenvalue weighted by atomic mass is 35.5. The van der Waals surface area contributed by atoms with Gasteiger partial charge in [-0.3, -0.25) is 0 Å². The third kappa shape index (κ3) is 2.06. The quantitative estimate of drug-likeness (QED) is 0.770. The van der Waals surface area contributed by atoms with Crippen molar-refractivity contribution in [3.8, 4) is 11.5 Å². The zero-order valence-corrected chi connectivity index (χ0v) is 10.4. The van der Waals surface area contributed by atoms with Crippen molar-refractivity contribution in [3.63, 3.8) is 0 Å². The SMILES string of the molecule is O=C(O)c1ccc(-c2nc3ccccc3o2)cc1Cl. The Morgan fingerprint density at radius 1 is 1.21 bits per heavy atom. The van der Waals surface area contributed by atoms with Crippen molar-refractivity contribution in [2.24, 2.45) is 0 Å². The largest absolute Gasteiger partial charge is 0.478 e. The van der Waals surface area contributed by atoms with Gasteiger partial charge < -0.3 is 9.52 Å². The van der Waals surface area contributed by atoms with Crippen LogP contribution in [0, 0.1) is 0 Å². The zero-order chi connectivity index (χ0) is 13.4. The third-order valence-electron chi connectivity index (χ3n) is 2.74. The van der Waals surface area contributed by atoms with E-state index in [2.05, 4.69) is 4.98 Å². The van der Waals surface area contributed by atoms with Gasteiger partial charge in [-0.2, -0.15) is 0 Å². The molecule has 0 spiro atoms. The maximum Gasteiger partial charge on any atom is 0.337 e. The highest BCUT2D eigenvalue weighted by Crippen LogP contribution is 2.27. The van der Waals surface area contributed by atoms with E-state index in [0.29, 0.717) is 17.0 Å². The lowest BCUT2D eigenvalue weighted by atomic mass is 10.1. The van der Waals surface area contributed by atoms with Gasteiger partial charge in [0.1, 0.15) is 5.52 Å². The Bertz CT molecular complexity index is 746. The van der Waals surface area contributed by atoms with Crippen LogP contribution in [0.1, 0.15) is 10.4 Å². The predicted molar refractivity (Wildman–Crippen MR) is 71.4 cm³/mol. The van der Waals surface area contributed by atoms with E-state index in [1.165, 1.54) is 12.1 Å². The van der Waals surface area contributed by atoms with Gasteiger partial charge in [0.25, 0.3) is 0 Å². The molecule has 0 atom stereocenters. The standard InChI is InChI=1S/C14H8ClNO3/c15-10-7-8(5-6-9(10)14(17)18)13-16-11-3-1-2-4-12(11)19-13/h1-7H,(H,17,18). The van der Waals surface area contributed by atoms with Crippen LogP contribution >= 0.6 is 11.6 Å². The van der Waals surface area contributed by atoms with Gasteiger partial charge in [0.05, 0.1) is 10.6 Å². The van der Waals surface area contributed by atoms with Crippen molar-refractivity contribution >= 4 is 28.7 Å². The Morgan fingerprint density at radius 3 is 2.68 bits per heavy atom. The molecule has 0 aliphatic rings. The minimum absolute atomic E-state index is 0.0570. The summed E-state index contributed by atoms with van der Waals surface area (Å²) in [5, 5.41) is 9.08. The number of rotatable bonds is 2. The zero-order valence-electron chi connectivity index (χ0n) is 9.63. The first-order chi connectivity index (χ1) is 9.15. The van der Waals surface area contributed by atoms with Crippen molar-refractivity contribution < 1.29 is 14.3 Å². The number of hydrogen-bond acceptors (Lipinski definition) is 3. The molecule has 0 radical (unpaired) electrons. The van der Waals surface area contributed by atoms with Gasteiger partial charge >= 0.3 is 5.97 Å². The predicted octanol–water partition coefficient (Wildman–Crippen LogP) is 3.85. The van der Waals surface area contributed by atoms with E-state index in [1.54, 1.807) is 6.07 Å². The van der Waals surface area contributed by atoms with Crippen LogP contribution in [0.4, 0.5) is 0 Å². The summed E-state index contributed by atoms with van der Waals surface area (Å²) in [6.45, 7) is 0. The molecule has 94 valence electrons. The van der Waals surface area contributed by atoms with Crippen molar-refractivity contribution in [3.05, 3.63) is 53.1 Å². The molecular formula is C14H8ClNO3. The molecule has 5 heteroatoms. The van der Waals surface area contributed by atoms with E-state index in [1.807, 2.05) is 24.3 Å². The van der Waals surface area contributed by atoms with Gasteiger partial charge in [0, 0.05) is 5.56 Å². The fraction of sp³-hybridized carbons (Fsp3) is 0. The lowest BCUT2D eigenvalue weighted by molar-refractivity contribution is 0.0697. The number of aromatic nitrogens is 1. The fourth-order valence-corrected chi connectivity index (χ4v) is 2.08. The second kappa shape index (κ2) is 4.40. The number of oxazole rings is 1. The third-order valence-corrected chi connectivity index (χ3v) is 3.05. The first-order valence-electron chi connectivity index (χ1n) is 5.54. The highest BCUT2D eigenvalue weighted by Gasteiger charge is 2.13. The molecule has 1 aromatic heterocycles. The van der Waals surface area contributed by atoms with Crippen LogP contribution in [0.3, 0.4) is 0 Å². The first kappa shape index (κ1) is 11.7. The molecule has 19 heavy (non-hydrogen) atoms. The van der Waals surface area contributed by atoms with Gasteiger partial charge in [-0.1, -0.05) is 23.7 Å². The Kier molecular flexibility index (Phi) is 2.72. The van der Waals surface area contributed by atoms with Crippen LogP contribution in [0.5, 0.6) is 0 Å². The second-order valence-electron chi connectivity index (χ2n) is 3.99. The average Bonchev–Trinajstić information content (AvgIpc) is 2.81. The molecule has 0 saturated carbocycles. The molecule has 3 rings (SSSR count). The van der Waals surface area contributed by atoms with Crippen LogP contribution in [-0.2, 0) is 0 Å². The van der Waals surface area contributed by atoms with E-state index < -0.39 is 5.97 Å². The van der Waals surface area contributed by atoms with E-state index in [-0.39, 0.29) is 10.6 Å². The van der Waals surface area contributed by atoms with Gasteiger partial charge in [-0.25, -0.2) is 9.78 Å². The summed E-state index contributed by atoms with van der Waals surface area (Å²) < 4.78 is 5.59. The number of aromatic carboxylic acids is 1. The molecule has 0 saturated heterocycles. The smallest absolute Gasteiger partial charge is 0.337 e. The molecule has 0 aliphatic heterocycles. The topological polar surface area (TPSA) is 63.3 Å². The van der Waals surface area contributed by atoms with Gasteiger partial charge in [-0.15, -0.1) is 0 Å². The number of halogens is 1. The van der Waals surface area contributed by atoms with Crippen LogP contribution in [-0.4, -0.2) is 16.1 Å². The first-order valence-corrected chi connectivity index (χ1v) is 5.92. The van der Waals surface area contributed by atoms with E-state index in [0.717, 1.165) is 5.52 Å². The van der Waals surface area contributed by atoms with Crippen LogP contribution in [0.25, 0.3) is 22.6 Å². The number of benzene rings is 2. The minimum Gasteiger partial charge on any atom is -0.478 e. The second-order valence-corrected chi connectivity index (χ2v) is 4.39. The highest BCUT2D eigenvalue weighted by molar-refractivity contribution is 6.33.